The first kappa shape index (κ1) is 15.4. The van der Waals surface area contributed by atoms with Gasteiger partial charge in [0.05, 0.1) is 4.92 Å². The number of ketones is 1. The number of hydrogen-bond donors (Lipinski definition) is 1. The fourth-order valence-corrected chi connectivity index (χ4v) is 3.57. The Hall–Kier alpha value is -2.50. The van der Waals surface area contributed by atoms with Gasteiger partial charge in [0.2, 0.25) is 5.91 Å². The summed E-state index contributed by atoms with van der Waals surface area (Å²) in [6.07, 6.45) is 1.05. The Kier molecular flexibility index (Phi) is 3.55. The molecule has 3 rings (SSSR count). The maximum absolute atomic E-state index is 12.6. The number of allylic oxidation sites excluding steroid dienone is 2. The molecule has 0 fully saturated rings. The van der Waals surface area contributed by atoms with E-state index in [4.69, 9.17) is 0 Å². The van der Waals surface area contributed by atoms with Gasteiger partial charge in [-0.15, -0.1) is 0 Å². The van der Waals surface area contributed by atoms with Gasteiger partial charge in [-0.05, 0) is 11.8 Å². The van der Waals surface area contributed by atoms with Crippen molar-refractivity contribution >= 4 is 17.4 Å². The standard InChI is InChI=1S/C17H18N2O4/c1-17(2)8-12-16(14(20)9-17)11(7-15(21)18-12)10-5-3-4-6-13(10)19(22)23/h3-6,11H,7-9H2,1-2H3,(H,18,21). The lowest BCUT2D eigenvalue weighted by Gasteiger charge is -2.37. The molecular weight excluding hydrogens is 296 g/mol. The molecule has 1 unspecified atom stereocenters. The molecular formula is C17H18N2O4. The minimum absolute atomic E-state index is 0.0283. The normalized spacial score (nSPS) is 23.3. The molecule has 0 radical (unpaired) electrons. The van der Waals surface area contributed by atoms with E-state index in [1.807, 2.05) is 13.8 Å². The number of carbonyl (C=O) groups excluding carboxylic acids is 2. The van der Waals surface area contributed by atoms with E-state index in [2.05, 4.69) is 5.32 Å². The second-order valence-corrected chi connectivity index (χ2v) is 6.95. The molecule has 1 amide bonds. The molecule has 2 aliphatic rings. The zero-order chi connectivity index (χ0) is 16.8. The Morgan fingerprint density at radius 3 is 2.61 bits per heavy atom. The van der Waals surface area contributed by atoms with E-state index in [0.29, 0.717) is 29.7 Å². The third-order valence-electron chi connectivity index (χ3n) is 4.46. The lowest BCUT2D eigenvalue weighted by Crippen LogP contribution is -2.40. The van der Waals surface area contributed by atoms with Crippen molar-refractivity contribution in [3.63, 3.8) is 0 Å². The zero-order valence-electron chi connectivity index (χ0n) is 13.1. The Morgan fingerprint density at radius 1 is 1.22 bits per heavy atom. The lowest BCUT2D eigenvalue weighted by molar-refractivity contribution is -0.385. The van der Waals surface area contributed by atoms with Crippen molar-refractivity contribution in [3.05, 3.63) is 51.2 Å². The van der Waals surface area contributed by atoms with Gasteiger partial charge in [0.25, 0.3) is 5.69 Å². The van der Waals surface area contributed by atoms with Crippen LogP contribution in [0.25, 0.3) is 0 Å². The Bertz CT molecular complexity index is 749. The van der Waals surface area contributed by atoms with Gasteiger partial charge < -0.3 is 5.32 Å². The highest BCUT2D eigenvalue weighted by Crippen LogP contribution is 2.45. The summed E-state index contributed by atoms with van der Waals surface area (Å²) in [5, 5.41) is 14.1. The fourth-order valence-electron chi connectivity index (χ4n) is 3.57. The molecule has 1 aromatic carbocycles. The number of rotatable bonds is 2. The predicted octanol–water partition coefficient (Wildman–Crippen LogP) is 2.84. The van der Waals surface area contributed by atoms with Crippen molar-refractivity contribution in [2.24, 2.45) is 5.41 Å². The van der Waals surface area contributed by atoms with E-state index in [0.717, 1.165) is 0 Å². The van der Waals surface area contributed by atoms with Crippen molar-refractivity contribution < 1.29 is 14.5 Å². The first-order valence-electron chi connectivity index (χ1n) is 7.58. The molecule has 1 aliphatic carbocycles. The summed E-state index contributed by atoms with van der Waals surface area (Å²) >= 11 is 0. The summed E-state index contributed by atoms with van der Waals surface area (Å²) in [6, 6.07) is 6.34. The average Bonchev–Trinajstić information content (AvgIpc) is 2.44. The molecule has 1 aliphatic heterocycles. The van der Waals surface area contributed by atoms with Gasteiger partial charge in [0.15, 0.2) is 5.78 Å². The SMILES string of the molecule is CC1(C)CC(=O)C2=C(C1)NC(=O)CC2c1ccccc1[N+](=O)[O-]. The molecule has 0 spiro atoms. The molecule has 0 saturated carbocycles. The van der Waals surface area contributed by atoms with Crippen LogP contribution in [-0.4, -0.2) is 16.6 Å². The van der Waals surface area contributed by atoms with Crippen LogP contribution in [0.3, 0.4) is 0 Å². The number of nitrogens with zero attached hydrogens (tertiary/aromatic N) is 1. The zero-order valence-corrected chi connectivity index (χ0v) is 13.1. The number of nitrogens with one attached hydrogen (secondary N) is 1. The van der Waals surface area contributed by atoms with Gasteiger partial charge in [-0.2, -0.15) is 0 Å². The number of Topliss-reactive ketones (excluding diaryl/α,β-unsaturated/α-hetero) is 1. The Labute approximate surface area is 133 Å². The van der Waals surface area contributed by atoms with E-state index in [1.54, 1.807) is 18.2 Å². The lowest BCUT2D eigenvalue weighted by atomic mass is 9.69. The smallest absolute Gasteiger partial charge is 0.273 e. The summed E-state index contributed by atoms with van der Waals surface area (Å²) < 4.78 is 0. The number of para-hydroxylation sites is 1. The Balaban J connectivity index is 2.14. The van der Waals surface area contributed by atoms with Gasteiger partial charge in [0.1, 0.15) is 0 Å². The average molecular weight is 314 g/mol. The molecule has 1 atom stereocenters. The maximum atomic E-state index is 12.6. The maximum Gasteiger partial charge on any atom is 0.273 e. The number of nitro benzene ring substituents is 1. The highest BCUT2D eigenvalue weighted by Gasteiger charge is 2.42. The van der Waals surface area contributed by atoms with Crippen LogP contribution in [0.4, 0.5) is 5.69 Å². The number of carbonyl (C=O) groups is 2. The van der Waals surface area contributed by atoms with Crippen LogP contribution < -0.4 is 5.32 Å². The highest BCUT2D eigenvalue weighted by molar-refractivity contribution is 6.02. The predicted molar refractivity (Wildman–Crippen MR) is 83.6 cm³/mol. The summed E-state index contributed by atoms with van der Waals surface area (Å²) in [4.78, 5) is 35.5. The van der Waals surface area contributed by atoms with E-state index in [1.165, 1.54) is 6.07 Å². The van der Waals surface area contributed by atoms with E-state index in [-0.39, 0.29) is 29.2 Å². The largest absolute Gasteiger partial charge is 0.329 e. The third-order valence-corrected chi connectivity index (χ3v) is 4.46. The van der Waals surface area contributed by atoms with Crippen LogP contribution in [0.5, 0.6) is 0 Å². The van der Waals surface area contributed by atoms with E-state index in [9.17, 15) is 19.7 Å². The van der Waals surface area contributed by atoms with Crippen molar-refractivity contribution in [1.29, 1.82) is 0 Å². The molecule has 23 heavy (non-hydrogen) atoms. The molecule has 0 aromatic heterocycles. The second kappa shape index (κ2) is 5.30. The molecule has 1 aromatic rings. The molecule has 0 bridgehead atoms. The van der Waals surface area contributed by atoms with Crippen LogP contribution >= 0.6 is 0 Å². The first-order valence-corrected chi connectivity index (χ1v) is 7.58. The minimum Gasteiger partial charge on any atom is -0.329 e. The van der Waals surface area contributed by atoms with Crippen molar-refractivity contribution in [2.45, 2.75) is 39.0 Å². The summed E-state index contributed by atoms with van der Waals surface area (Å²) in [5.74, 6) is -0.763. The summed E-state index contributed by atoms with van der Waals surface area (Å²) in [7, 11) is 0. The Morgan fingerprint density at radius 2 is 1.91 bits per heavy atom. The number of benzene rings is 1. The van der Waals surface area contributed by atoms with Crippen LogP contribution in [0.1, 0.15) is 44.6 Å². The molecule has 6 heteroatoms. The van der Waals surface area contributed by atoms with Crippen LogP contribution in [0.2, 0.25) is 0 Å². The van der Waals surface area contributed by atoms with Crippen LogP contribution in [0.15, 0.2) is 35.5 Å². The fraction of sp³-hybridized carbons (Fsp3) is 0.412. The van der Waals surface area contributed by atoms with Gasteiger partial charge in [0, 0.05) is 41.7 Å². The monoisotopic (exact) mass is 314 g/mol. The first-order chi connectivity index (χ1) is 10.8. The van der Waals surface area contributed by atoms with Crippen LogP contribution in [-0.2, 0) is 9.59 Å². The minimum atomic E-state index is -0.538. The number of hydrogen-bond acceptors (Lipinski definition) is 4. The highest BCUT2D eigenvalue weighted by atomic mass is 16.6. The molecule has 6 nitrogen and oxygen atoms in total. The van der Waals surface area contributed by atoms with Gasteiger partial charge >= 0.3 is 0 Å². The summed E-state index contributed by atoms with van der Waals surface area (Å²) in [6.45, 7) is 3.96. The quantitative estimate of drug-likeness (QED) is 0.671. The van der Waals surface area contributed by atoms with Crippen molar-refractivity contribution in [3.8, 4) is 0 Å². The van der Waals surface area contributed by atoms with E-state index >= 15 is 0 Å². The van der Waals surface area contributed by atoms with Gasteiger partial charge in [-0.3, -0.25) is 19.7 Å². The molecule has 0 saturated heterocycles. The summed E-state index contributed by atoms with van der Waals surface area (Å²) in [5.41, 5.74) is 1.35. The second-order valence-electron chi connectivity index (χ2n) is 6.95. The van der Waals surface area contributed by atoms with Gasteiger partial charge in [-0.1, -0.05) is 32.0 Å². The van der Waals surface area contributed by atoms with Gasteiger partial charge in [-0.25, -0.2) is 0 Å². The number of nitro groups is 1. The molecule has 1 N–H and O–H groups in total. The van der Waals surface area contributed by atoms with Crippen molar-refractivity contribution in [2.75, 3.05) is 0 Å². The molecule has 120 valence electrons. The molecule has 1 heterocycles. The van der Waals surface area contributed by atoms with Crippen molar-refractivity contribution in [1.82, 2.24) is 5.32 Å². The van der Waals surface area contributed by atoms with Crippen LogP contribution in [0, 0.1) is 15.5 Å². The van der Waals surface area contributed by atoms with E-state index < -0.39 is 10.8 Å². The third kappa shape index (κ3) is 2.76. The number of amides is 1. The topological polar surface area (TPSA) is 89.3 Å².